The number of thiazole rings is 1. The molecule has 4 N–H and O–H groups in total. The van der Waals surface area contributed by atoms with Gasteiger partial charge in [0.05, 0.1) is 17.2 Å². The Hall–Kier alpha value is -3.78. The van der Waals surface area contributed by atoms with Gasteiger partial charge in [-0.3, -0.25) is 10.1 Å². The van der Waals surface area contributed by atoms with Crippen LogP contribution >= 0.6 is 11.3 Å². The van der Waals surface area contributed by atoms with E-state index >= 15 is 0 Å². The number of carbonyl (C=O) groups excluding carboxylic acids is 2. The van der Waals surface area contributed by atoms with E-state index in [4.69, 9.17) is 15.2 Å². The summed E-state index contributed by atoms with van der Waals surface area (Å²) in [7, 11) is 1.54. The third-order valence-electron chi connectivity index (χ3n) is 3.99. The number of nitrogens with two attached hydrogens (primary N) is 1. The van der Waals surface area contributed by atoms with E-state index < -0.39 is 18.2 Å². The molecule has 33 heavy (non-hydrogen) atoms. The topological polar surface area (TPSA) is 141 Å². The monoisotopic (exact) mass is 482 g/mol. The lowest BCUT2D eigenvalue weighted by molar-refractivity contribution is -0.167. The number of benzene rings is 1. The summed E-state index contributed by atoms with van der Waals surface area (Å²) in [6.07, 6.45) is -2.77. The van der Waals surface area contributed by atoms with E-state index in [0.717, 1.165) is 11.3 Å². The summed E-state index contributed by atoms with van der Waals surface area (Å²) in [6.45, 7) is 0.378. The molecule has 10 nitrogen and oxygen atoms in total. The van der Waals surface area contributed by atoms with E-state index in [2.05, 4.69) is 20.3 Å². The highest BCUT2D eigenvalue weighted by atomic mass is 32.1. The van der Waals surface area contributed by atoms with Gasteiger partial charge < -0.3 is 20.5 Å². The van der Waals surface area contributed by atoms with Crippen LogP contribution in [0.2, 0.25) is 0 Å². The predicted octanol–water partition coefficient (Wildman–Crippen LogP) is 3.49. The molecular formula is C19H17F3N6O4S. The third kappa shape index (κ3) is 6.60. The molecule has 0 saturated heterocycles. The van der Waals surface area contributed by atoms with E-state index in [1.165, 1.54) is 19.5 Å². The van der Waals surface area contributed by atoms with E-state index in [1.54, 1.807) is 29.6 Å². The fourth-order valence-corrected chi connectivity index (χ4v) is 3.36. The minimum atomic E-state index is -5.02. The van der Waals surface area contributed by atoms with Gasteiger partial charge in [0.25, 0.3) is 0 Å². The lowest BCUT2D eigenvalue weighted by atomic mass is 10.1. The van der Waals surface area contributed by atoms with Crippen LogP contribution in [0.3, 0.4) is 0 Å². The Balaban J connectivity index is 1.78. The molecule has 3 rings (SSSR count). The second-order valence-electron chi connectivity index (χ2n) is 6.36. The smallest absolute Gasteiger partial charge is 0.410 e. The molecule has 0 aliphatic heterocycles. The van der Waals surface area contributed by atoms with Crippen molar-refractivity contribution >= 4 is 40.1 Å². The number of primary amides is 1. The van der Waals surface area contributed by atoms with Crippen LogP contribution in [0.25, 0.3) is 10.6 Å². The van der Waals surface area contributed by atoms with Crippen molar-refractivity contribution in [2.45, 2.75) is 12.6 Å². The SMILES string of the molecule is COCCc1cc(Nc2nccc(-c3cnc(NC(=O)C(F)(F)F)s3)n2)ccc1OC(N)=O. The zero-order valence-corrected chi connectivity index (χ0v) is 17.8. The van der Waals surface area contributed by atoms with Crippen LogP contribution in [0.4, 0.5) is 34.7 Å². The summed E-state index contributed by atoms with van der Waals surface area (Å²) in [5.41, 5.74) is 6.71. The summed E-state index contributed by atoms with van der Waals surface area (Å²) in [5, 5.41) is 4.48. The fraction of sp³-hybridized carbons (Fsp3) is 0.211. The largest absolute Gasteiger partial charge is 0.471 e. The van der Waals surface area contributed by atoms with Gasteiger partial charge in [0.1, 0.15) is 5.75 Å². The molecule has 0 bridgehead atoms. The molecule has 0 fully saturated rings. The molecule has 0 unspecified atom stereocenters. The number of methoxy groups -OCH3 is 1. The number of aromatic nitrogens is 3. The average molecular weight is 482 g/mol. The Kier molecular flexibility index (Phi) is 7.40. The van der Waals surface area contributed by atoms with E-state index in [9.17, 15) is 22.8 Å². The van der Waals surface area contributed by atoms with Crippen LogP contribution in [-0.2, 0) is 16.0 Å². The van der Waals surface area contributed by atoms with Crippen molar-refractivity contribution in [3.63, 3.8) is 0 Å². The average Bonchev–Trinajstić information content (AvgIpc) is 3.21. The highest BCUT2D eigenvalue weighted by molar-refractivity contribution is 7.19. The lowest BCUT2D eigenvalue weighted by Gasteiger charge is -2.12. The number of carbonyl (C=O) groups is 2. The fourth-order valence-electron chi connectivity index (χ4n) is 2.58. The molecule has 0 spiro atoms. The van der Waals surface area contributed by atoms with Gasteiger partial charge in [0.2, 0.25) is 5.95 Å². The normalized spacial score (nSPS) is 11.2. The maximum atomic E-state index is 12.4. The zero-order valence-electron chi connectivity index (χ0n) is 17.0. The number of alkyl halides is 3. The van der Waals surface area contributed by atoms with E-state index in [0.29, 0.717) is 34.8 Å². The first kappa shape index (κ1) is 23.9. The summed E-state index contributed by atoms with van der Waals surface area (Å²) in [4.78, 5) is 34.8. The molecule has 0 atom stereocenters. The third-order valence-corrected chi connectivity index (χ3v) is 4.93. The van der Waals surface area contributed by atoms with Crippen LogP contribution in [0.5, 0.6) is 5.75 Å². The number of rotatable bonds is 8. The number of ether oxygens (including phenoxy) is 2. The lowest BCUT2D eigenvalue weighted by Crippen LogP contribution is -2.29. The van der Waals surface area contributed by atoms with Gasteiger partial charge >= 0.3 is 18.2 Å². The summed E-state index contributed by atoms with van der Waals surface area (Å²) < 4.78 is 47.3. The van der Waals surface area contributed by atoms with Gasteiger partial charge in [0, 0.05) is 25.2 Å². The van der Waals surface area contributed by atoms with Gasteiger partial charge in [-0.05, 0) is 36.2 Å². The van der Waals surface area contributed by atoms with Crippen molar-refractivity contribution in [1.82, 2.24) is 15.0 Å². The number of anilines is 3. The standard InChI is InChI=1S/C19H17F3N6O4S/c1-31-7-5-10-8-11(2-3-13(10)32-16(23)30)26-17-24-6-4-12(27-17)14-9-25-18(33-14)28-15(29)19(20,21)22/h2-4,6,8-9H,5,7H2,1H3,(H2,23,30)(H,24,26,27)(H,25,28,29). The first-order chi connectivity index (χ1) is 15.7. The van der Waals surface area contributed by atoms with E-state index in [-0.39, 0.29) is 16.8 Å². The van der Waals surface area contributed by atoms with Gasteiger partial charge in [-0.1, -0.05) is 11.3 Å². The first-order valence-corrected chi connectivity index (χ1v) is 10.0. The van der Waals surface area contributed by atoms with Gasteiger partial charge in [0.15, 0.2) is 5.13 Å². The highest BCUT2D eigenvalue weighted by Crippen LogP contribution is 2.30. The molecule has 0 radical (unpaired) electrons. The molecule has 14 heteroatoms. The minimum absolute atomic E-state index is 0.197. The highest BCUT2D eigenvalue weighted by Gasteiger charge is 2.39. The Bertz CT molecular complexity index is 1150. The Morgan fingerprint density at radius 1 is 1.21 bits per heavy atom. The summed E-state index contributed by atoms with van der Waals surface area (Å²) >= 11 is 0.829. The molecule has 0 saturated carbocycles. The number of halogens is 3. The molecule has 2 heterocycles. The van der Waals surface area contributed by atoms with Crippen LogP contribution in [-0.4, -0.2) is 46.8 Å². The summed E-state index contributed by atoms with van der Waals surface area (Å²) in [6, 6.07) is 6.44. The van der Waals surface area contributed by atoms with Gasteiger partial charge in [-0.2, -0.15) is 13.2 Å². The number of nitrogens with one attached hydrogen (secondary N) is 2. The maximum Gasteiger partial charge on any atom is 0.471 e. The molecule has 0 aliphatic rings. The second kappa shape index (κ2) is 10.2. The quantitative estimate of drug-likeness (QED) is 0.443. The minimum Gasteiger partial charge on any atom is -0.410 e. The van der Waals surface area contributed by atoms with Crippen molar-refractivity contribution in [2.24, 2.45) is 5.73 Å². The second-order valence-corrected chi connectivity index (χ2v) is 7.39. The van der Waals surface area contributed by atoms with Gasteiger partial charge in [-0.15, -0.1) is 0 Å². The van der Waals surface area contributed by atoms with Crippen LogP contribution < -0.4 is 21.1 Å². The zero-order chi connectivity index (χ0) is 24.0. The Labute approximate surface area is 189 Å². The first-order valence-electron chi connectivity index (χ1n) is 9.19. The Morgan fingerprint density at radius 3 is 2.70 bits per heavy atom. The van der Waals surface area contributed by atoms with Crippen molar-refractivity contribution in [3.8, 4) is 16.3 Å². The molecule has 2 amide bonds. The van der Waals surface area contributed by atoms with E-state index in [1.807, 2.05) is 0 Å². The summed E-state index contributed by atoms with van der Waals surface area (Å²) in [5.74, 6) is -1.62. The number of hydrogen-bond donors (Lipinski definition) is 3. The molecular weight excluding hydrogens is 465 g/mol. The number of amides is 2. The van der Waals surface area contributed by atoms with Gasteiger partial charge in [-0.25, -0.2) is 19.7 Å². The van der Waals surface area contributed by atoms with Crippen molar-refractivity contribution in [1.29, 1.82) is 0 Å². The maximum absolute atomic E-state index is 12.4. The molecule has 3 aromatic rings. The molecule has 0 aliphatic carbocycles. The number of nitrogens with zero attached hydrogens (tertiary/aromatic N) is 3. The van der Waals surface area contributed by atoms with Crippen molar-refractivity contribution in [2.75, 3.05) is 24.4 Å². The Morgan fingerprint density at radius 2 is 2.00 bits per heavy atom. The van der Waals surface area contributed by atoms with Crippen molar-refractivity contribution in [3.05, 3.63) is 42.2 Å². The molecule has 174 valence electrons. The predicted molar refractivity (Wildman–Crippen MR) is 113 cm³/mol. The van der Waals surface area contributed by atoms with Crippen LogP contribution in [0, 0.1) is 0 Å². The van der Waals surface area contributed by atoms with Crippen LogP contribution in [0.1, 0.15) is 5.56 Å². The molecule has 1 aromatic carbocycles. The molecule has 2 aromatic heterocycles. The van der Waals surface area contributed by atoms with Crippen LogP contribution in [0.15, 0.2) is 36.7 Å². The number of hydrogen-bond acceptors (Lipinski definition) is 9. The van der Waals surface area contributed by atoms with Crippen molar-refractivity contribution < 1.29 is 32.2 Å².